The Bertz CT molecular complexity index is 965. The number of benzene rings is 2. The summed E-state index contributed by atoms with van der Waals surface area (Å²) in [6.07, 6.45) is 4.98. The Morgan fingerprint density at radius 1 is 1.18 bits per heavy atom. The maximum Gasteiger partial charge on any atom is 0.253 e. The van der Waals surface area contributed by atoms with Crippen LogP contribution in [0.4, 0.5) is 5.69 Å². The number of hydrogen-bond acceptors (Lipinski definition) is 4. The summed E-state index contributed by atoms with van der Waals surface area (Å²) in [5.41, 5.74) is 3.73. The third-order valence-electron chi connectivity index (χ3n) is 4.64. The van der Waals surface area contributed by atoms with E-state index in [0.29, 0.717) is 18.0 Å². The van der Waals surface area contributed by atoms with Crippen molar-refractivity contribution in [3.05, 3.63) is 76.7 Å². The van der Waals surface area contributed by atoms with E-state index in [1.165, 1.54) is 24.5 Å². The highest BCUT2D eigenvalue weighted by molar-refractivity contribution is 7.93. The van der Waals surface area contributed by atoms with Gasteiger partial charge in [0.2, 0.25) is 0 Å². The van der Waals surface area contributed by atoms with Crippen LogP contribution in [0.2, 0.25) is 0 Å². The van der Waals surface area contributed by atoms with Crippen molar-refractivity contribution in [1.29, 1.82) is 0 Å². The van der Waals surface area contributed by atoms with Gasteiger partial charge in [-0.05, 0) is 48.9 Å². The molecule has 1 saturated carbocycles. The van der Waals surface area contributed by atoms with Crippen LogP contribution in [0.1, 0.15) is 47.2 Å². The van der Waals surface area contributed by atoms with Gasteiger partial charge in [0.1, 0.15) is 0 Å². The Labute approximate surface area is 166 Å². The summed E-state index contributed by atoms with van der Waals surface area (Å²) in [5, 5.41) is 7.34. The van der Waals surface area contributed by atoms with Crippen LogP contribution in [0.25, 0.3) is 0 Å². The third-order valence-corrected chi connectivity index (χ3v) is 5.29. The fourth-order valence-electron chi connectivity index (χ4n) is 2.96. The molecule has 0 aliphatic heterocycles. The molecule has 1 unspecified atom stereocenters. The molecule has 0 bridgehead atoms. The van der Waals surface area contributed by atoms with Gasteiger partial charge in [0.25, 0.3) is 5.91 Å². The second kappa shape index (κ2) is 8.61. The molecule has 0 radical (unpaired) electrons. The lowest BCUT2D eigenvalue weighted by molar-refractivity contribution is 0.0947. The van der Waals surface area contributed by atoms with Crippen molar-refractivity contribution in [2.45, 2.75) is 38.3 Å². The Morgan fingerprint density at radius 3 is 2.54 bits per heavy atom. The zero-order valence-corrected chi connectivity index (χ0v) is 17.0. The van der Waals surface area contributed by atoms with Gasteiger partial charge in [-0.3, -0.25) is 4.79 Å². The van der Waals surface area contributed by atoms with Gasteiger partial charge >= 0.3 is 0 Å². The summed E-state index contributed by atoms with van der Waals surface area (Å²) in [6, 6.07) is 15.6. The first-order valence-electron chi connectivity index (χ1n) is 9.43. The van der Waals surface area contributed by atoms with Gasteiger partial charge in [-0.1, -0.05) is 42.5 Å². The predicted molar refractivity (Wildman–Crippen MR) is 113 cm³/mol. The molecule has 2 N–H and O–H groups in total. The molecule has 0 heterocycles. The first-order valence-corrected chi connectivity index (χ1v) is 11.4. The van der Waals surface area contributed by atoms with E-state index in [1.54, 1.807) is 6.92 Å². The van der Waals surface area contributed by atoms with E-state index in [-0.39, 0.29) is 5.91 Å². The normalized spacial score (nSPS) is 15.4. The molecule has 5 nitrogen and oxygen atoms in total. The minimum atomic E-state index is -3.22. The van der Waals surface area contributed by atoms with Crippen molar-refractivity contribution < 1.29 is 13.2 Å². The molecule has 1 aliphatic rings. The molecule has 1 amide bonds. The summed E-state index contributed by atoms with van der Waals surface area (Å²) < 4.78 is 22.5. The van der Waals surface area contributed by atoms with Crippen molar-refractivity contribution in [3.8, 4) is 0 Å². The molecule has 2 aromatic rings. The van der Waals surface area contributed by atoms with Gasteiger partial charge in [0, 0.05) is 29.9 Å². The Kier molecular flexibility index (Phi) is 6.19. The highest BCUT2D eigenvalue weighted by Crippen LogP contribution is 2.41. The number of hydrogen-bond donors (Lipinski definition) is 2. The molecule has 2 aromatic carbocycles. The fourth-order valence-corrected chi connectivity index (χ4v) is 3.48. The van der Waals surface area contributed by atoms with Crippen LogP contribution in [0.15, 0.2) is 60.0 Å². The van der Waals surface area contributed by atoms with E-state index < -0.39 is 15.9 Å². The van der Waals surface area contributed by atoms with Crippen molar-refractivity contribution in [3.63, 3.8) is 0 Å². The number of anilines is 1. The SMILES string of the molecule is CC(/C=C/S(C)(=O)=O)NC(=O)c1ccc(C2CC2)cc1NCc1ccccc1. The molecular weight excluding hydrogens is 372 g/mol. The molecule has 1 fully saturated rings. The van der Waals surface area contributed by atoms with Crippen molar-refractivity contribution in [1.82, 2.24) is 5.32 Å². The molecule has 0 spiro atoms. The van der Waals surface area contributed by atoms with Crippen molar-refractivity contribution in [2.24, 2.45) is 0 Å². The Hall–Kier alpha value is -2.60. The van der Waals surface area contributed by atoms with Crippen LogP contribution in [-0.2, 0) is 16.4 Å². The maximum absolute atomic E-state index is 12.8. The second-order valence-electron chi connectivity index (χ2n) is 7.34. The quantitative estimate of drug-likeness (QED) is 0.708. The summed E-state index contributed by atoms with van der Waals surface area (Å²) >= 11 is 0. The molecule has 3 rings (SSSR count). The van der Waals surface area contributed by atoms with E-state index in [9.17, 15) is 13.2 Å². The lowest BCUT2D eigenvalue weighted by Crippen LogP contribution is -2.31. The lowest BCUT2D eigenvalue weighted by Gasteiger charge is -2.16. The summed E-state index contributed by atoms with van der Waals surface area (Å²) in [7, 11) is -3.22. The molecule has 1 aliphatic carbocycles. The van der Waals surface area contributed by atoms with Gasteiger partial charge < -0.3 is 10.6 Å². The van der Waals surface area contributed by atoms with E-state index in [2.05, 4.69) is 16.7 Å². The molecule has 0 saturated heterocycles. The monoisotopic (exact) mass is 398 g/mol. The van der Waals surface area contributed by atoms with Gasteiger partial charge in [0.15, 0.2) is 9.84 Å². The van der Waals surface area contributed by atoms with Crippen LogP contribution in [0.3, 0.4) is 0 Å². The topological polar surface area (TPSA) is 75.3 Å². The Morgan fingerprint density at radius 2 is 1.89 bits per heavy atom. The molecule has 6 heteroatoms. The van der Waals surface area contributed by atoms with E-state index in [0.717, 1.165) is 22.9 Å². The fraction of sp³-hybridized carbons (Fsp3) is 0.318. The number of nitrogens with one attached hydrogen (secondary N) is 2. The minimum Gasteiger partial charge on any atom is -0.380 e. The molecule has 0 aromatic heterocycles. The average Bonchev–Trinajstić information content (AvgIpc) is 3.50. The van der Waals surface area contributed by atoms with Crippen LogP contribution < -0.4 is 10.6 Å². The summed E-state index contributed by atoms with van der Waals surface area (Å²) in [4.78, 5) is 12.8. The minimum absolute atomic E-state index is 0.233. The van der Waals surface area contributed by atoms with E-state index >= 15 is 0 Å². The second-order valence-corrected chi connectivity index (χ2v) is 9.27. The molecular formula is C22H26N2O3S. The number of amides is 1. The predicted octanol–water partition coefficient (Wildman–Crippen LogP) is 3.85. The van der Waals surface area contributed by atoms with Crippen LogP contribution >= 0.6 is 0 Å². The smallest absolute Gasteiger partial charge is 0.253 e. The molecule has 148 valence electrons. The first-order chi connectivity index (χ1) is 13.3. The van der Waals surface area contributed by atoms with E-state index in [4.69, 9.17) is 0 Å². The highest BCUT2D eigenvalue weighted by Gasteiger charge is 2.25. The Balaban J connectivity index is 1.76. The standard InChI is InChI=1S/C22H26N2O3S/c1-16(12-13-28(2,26)27)24-22(25)20-11-10-19(18-8-9-18)14-21(20)23-15-17-6-4-3-5-7-17/h3-7,10-14,16,18,23H,8-9,15H2,1-2H3,(H,24,25)/b13-12+. The molecule has 28 heavy (non-hydrogen) atoms. The lowest BCUT2D eigenvalue weighted by atomic mass is 10.0. The average molecular weight is 399 g/mol. The van der Waals surface area contributed by atoms with E-state index in [1.807, 2.05) is 42.5 Å². The van der Waals surface area contributed by atoms with Crippen molar-refractivity contribution >= 4 is 21.4 Å². The van der Waals surface area contributed by atoms with Gasteiger partial charge in [-0.2, -0.15) is 0 Å². The van der Waals surface area contributed by atoms with Crippen molar-refractivity contribution in [2.75, 3.05) is 11.6 Å². The highest BCUT2D eigenvalue weighted by atomic mass is 32.2. The van der Waals surface area contributed by atoms with Crippen LogP contribution in [0.5, 0.6) is 0 Å². The maximum atomic E-state index is 12.8. The zero-order chi connectivity index (χ0) is 20.1. The van der Waals surface area contributed by atoms with Crippen LogP contribution in [0, 0.1) is 0 Å². The summed E-state index contributed by atoms with van der Waals surface area (Å²) in [5.74, 6) is 0.356. The zero-order valence-electron chi connectivity index (χ0n) is 16.2. The van der Waals surface area contributed by atoms with Crippen LogP contribution in [-0.4, -0.2) is 26.6 Å². The third kappa shape index (κ3) is 5.96. The largest absolute Gasteiger partial charge is 0.380 e. The van der Waals surface area contributed by atoms with Gasteiger partial charge in [-0.15, -0.1) is 0 Å². The van der Waals surface area contributed by atoms with Gasteiger partial charge in [0.05, 0.1) is 5.56 Å². The summed E-state index contributed by atoms with van der Waals surface area (Å²) in [6.45, 7) is 2.37. The number of carbonyl (C=O) groups excluding carboxylic acids is 1. The first kappa shape index (κ1) is 20.1. The number of carbonyl (C=O) groups is 1. The molecule has 1 atom stereocenters. The number of rotatable bonds is 8. The number of sulfone groups is 1. The van der Waals surface area contributed by atoms with Gasteiger partial charge in [-0.25, -0.2) is 8.42 Å².